The summed E-state index contributed by atoms with van der Waals surface area (Å²) < 4.78 is 0. The van der Waals surface area contributed by atoms with E-state index in [4.69, 9.17) is 0 Å². The van der Waals surface area contributed by atoms with Gasteiger partial charge in [0.2, 0.25) is 0 Å². The van der Waals surface area contributed by atoms with Crippen LogP contribution in [0.25, 0.3) is 0 Å². The molecule has 0 bridgehead atoms. The zero-order valence-electron chi connectivity index (χ0n) is 16.7. The monoisotopic (exact) mass is 355 g/mol. The summed E-state index contributed by atoms with van der Waals surface area (Å²) in [5.74, 6) is 0. The summed E-state index contributed by atoms with van der Waals surface area (Å²) in [6, 6.07) is 11.1. The predicted molar refractivity (Wildman–Crippen MR) is 111 cm³/mol. The van der Waals surface area contributed by atoms with E-state index in [2.05, 4.69) is 46.0 Å². The number of rotatable bonds is 6. The van der Waals surface area contributed by atoms with Crippen LogP contribution in [0.15, 0.2) is 24.3 Å². The van der Waals surface area contributed by atoms with Crippen LogP contribution in [-0.4, -0.2) is 55.6 Å². The van der Waals surface area contributed by atoms with Crippen LogP contribution in [0, 0.1) is 0 Å². The van der Waals surface area contributed by atoms with Crippen molar-refractivity contribution < 1.29 is 0 Å². The summed E-state index contributed by atoms with van der Waals surface area (Å²) in [6.45, 7) is 6.37. The van der Waals surface area contributed by atoms with Gasteiger partial charge in [-0.2, -0.15) is 0 Å². The first-order chi connectivity index (χ1) is 12.8. The molecule has 3 aliphatic rings. The van der Waals surface area contributed by atoms with E-state index in [0.717, 1.165) is 12.6 Å². The van der Waals surface area contributed by atoms with E-state index in [0.29, 0.717) is 6.04 Å². The molecule has 3 saturated heterocycles. The number of piperidine rings is 2. The van der Waals surface area contributed by atoms with E-state index >= 15 is 0 Å². The number of nitrogens with zero attached hydrogens (tertiary/aromatic N) is 3. The van der Waals surface area contributed by atoms with Gasteiger partial charge in [0.05, 0.1) is 0 Å². The molecule has 3 aliphatic heterocycles. The van der Waals surface area contributed by atoms with E-state index < -0.39 is 0 Å². The van der Waals surface area contributed by atoms with Crippen molar-refractivity contribution in [2.75, 3.05) is 44.7 Å². The molecule has 3 fully saturated rings. The highest BCUT2D eigenvalue weighted by Crippen LogP contribution is 2.40. The third-order valence-electron chi connectivity index (χ3n) is 6.98. The Labute approximate surface area is 160 Å². The van der Waals surface area contributed by atoms with Gasteiger partial charge in [-0.15, -0.1) is 0 Å². The number of benzene rings is 1. The van der Waals surface area contributed by atoms with Gasteiger partial charge in [0.25, 0.3) is 0 Å². The first kappa shape index (κ1) is 18.3. The van der Waals surface area contributed by atoms with Crippen LogP contribution in [0.1, 0.15) is 69.4 Å². The molecule has 0 aliphatic carbocycles. The van der Waals surface area contributed by atoms with Crippen molar-refractivity contribution in [1.82, 2.24) is 9.80 Å². The summed E-state index contributed by atoms with van der Waals surface area (Å²) in [7, 11) is 2.25. The van der Waals surface area contributed by atoms with E-state index in [1.807, 2.05) is 0 Å². The van der Waals surface area contributed by atoms with Gasteiger partial charge in [-0.3, -0.25) is 4.90 Å². The average Bonchev–Trinajstić information content (AvgIpc) is 3.13. The first-order valence-electron chi connectivity index (χ1n) is 11.1. The Morgan fingerprint density at radius 1 is 0.885 bits per heavy atom. The van der Waals surface area contributed by atoms with Crippen LogP contribution < -0.4 is 4.90 Å². The van der Waals surface area contributed by atoms with Gasteiger partial charge in [0.15, 0.2) is 0 Å². The van der Waals surface area contributed by atoms with E-state index in [1.165, 1.54) is 89.7 Å². The van der Waals surface area contributed by atoms with E-state index in [1.54, 1.807) is 5.56 Å². The number of anilines is 1. The van der Waals surface area contributed by atoms with Crippen molar-refractivity contribution in [3.05, 3.63) is 29.8 Å². The van der Waals surface area contributed by atoms with Crippen molar-refractivity contribution >= 4 is 5.69 Å². The maximum Gasteiger partial charge on any atom is 0.0363 e. The van der Waals surface area contributed by atoms with Gasteiger partial charge >= 0.3 is 0 Å². The summed E-state index contributed by atoms with van der Waals surface area (Å²) in [5.41, 5.74) is 2.92. The molecule has 0 aromatic heterocycles. The standard InChI is InChI=1S/C23H37N3/c1-24(15-7-18-25-16-4-2-5-17-25)21-11-9-20(10-12-21)23-14-13-22-8-3-6-19-26(22)23/h9-12,22-23H,2-8,13-19H2,1H3. The Balaban J connectivity index is 1.28. The van der Waals surface area contributed by atoms with Crippen LogP contribution >= 0.6 is 0 Å². The topological polar surface area (TPSA) is 9.72 Å². The summed E-state index contributed by atoms with van der Waals surface area (Å²) >= 11 is 0. The van der Waals surface area contributed by atoms with Crippen molar-refractivity contribution in [2.24, 2.45) is 0 Å². The molecule has 1 aromatic carbocycles. The zero-order valence-corrected chi connectivity index (χ0v) is 16.7. The second-order valence-electron chi connectivity index (χ2n) is 8.75. The quantitative estimate of drug-likeness (QED) is 0.733. The third kappa shape index (κ3) is 4.26. The Kier molecular flexibility index (Phi) is 6.16. The van der Waals surface area contributed by atoms with Crippen LogP contribution in [0.2, 0.25) is 0 Å². The number of hydrogen-bond donors (Lipinski definition) is 0. The molecule has 0 saturated carbocycles. The largest absolute Gasteiger partial charge is 0.375 e. The fraction of sp³-hybridized carbons (Fsp3) is 0.739. The Morgan fingerprint density at radius 3 is 2.46 bits per heavy atom. The lowest BCUT2D eigenvalue weighted by atomic mass is 10.0. The van der Waals surface area contributed by atoms with Crippen LogP contribution in [-0.2, 0) is 0 Å². The molecule has 2 atom stereocenters. The Bertz CT molecular complexity index is 549. The van der Waals surface area contributed by atoms with Gasteiger partial charge in [0, 0.05) is 31.4 Å². The minimum atomic E-state index is 0.679. The third-order valence-corrected chi connectivity index (χ3v) is 6.98. The predicted octanol–water partition coefficient (Wildman–Crippen LogP) is 4.69. The first-order valence-corrected chi connectivity index (χ1v) is 11.1. The van der Waals surface area contributed by atoms with Crippen molar-refractivity contribution in [3.8, 4) is 0 Å². The van der Waals surface area contributed by atoms with Crippen molar-refractivity contribution in [1.29, 1.82) is 0 Å². The van der Waals surface area contributed by atoms with Crippen molar-refractivity contribution in [3.63, 3.8) is 0 Å². The van der Waals surface area contributed by atoms with Gasteiger partial charge in [-0.25, -0.2) is 0 Å². The highest BCUT2D eigenvalue weighted by atomic mass is 15.2. The van der Waals surface area contributed by atoms with Gasteiger partial charge in [-0.05, 0) is 88.8 Å². The number of fused-ring (bicyclic) bond motifs is 1. The molecule has 3 heterocycles. The molecular weight excluding hydrogens is 318 g/mol. The fourth-order valence-electron chi connectivity index (χ4n) is 5.41. The van der Waals surface area contributed by atoms with E-state index in [9.17, 15) is 0 Å². The molecule has 144 valence electrons. The minimum absolute atomic E-state index is 0.679. The molecule has 0 amide bonds. The smallest absolute Gasteiger partial charge is 0.0363 e. The maximum atomic E-state index is 2.79. The molecule has 26 heavy (non-hydrogen) atoms. The lowest BCUT2D eigenvalue weighted by Crippen LogP contribution is -2.35. The Hall–Kier alpha value is -1.06. The SMILES string of the molecule is CN(CCCN1CCCCC1)c1ccc(C2CCC3CCCCN32)cc1. The summed E-state index contributed by atoms with van der Waals surface area (Å²) in [6.07, 6.45) is 12.5. The molecular formula is C23H37N3. The number of hydrogen-bond acceptors (Lipinski definition) is 3. The Morgan fingerprint density at radius 2 is 1.65 bits per heavy atom. The second-order valence-corrected chi connectivity index (χ2v) is 8.75. The van der Waals surface area contributed by atoms with Gasteiger partial charge in [0.1, 0.15) is 0 Å². The highest BCUT2D eigenvalue weighted by Gasteiger charge is 2.35. The minimum Gasteiger partial charge on any atom is -0.375 e. The lowest BCUT2D eigenvalue weighted by Gasteiger charge is -2.34. The van der Waals surface area contributed by atoms with Crippen molar-refractivity contribution in [2.45, 2.75) is 69.9 Å². The zero-order chi connectivity index (χ0) is 17.8. The maximum absolute atomic E-state index is 2.79. The van der Waals surface area contributed by atoms with E-state index in [-0.39, 0.29) is 0 Å². The molecule has 1 aromatic rings. The molecule has 0 spiro atoms. The lowest BCUT2D eigenvalue weighted by molar-refractivity contribution is 0.150. The van der Waals surface area contributed by atoms with Crippen LogP contribution in [0.5, 0.6) is 0 Å². The van der Waals surface area contributed by atoms with Gasteiger partial charge in [-0.1, -0.05) is 25.0 Å². The molecule has 4 rings (SSSR count). The molecule has 0 radical (unpaired) electrons. The molecule has 3 nitrogen and oxygen atoms in total. The van der Waals surface area contributed by atoms with Crippen LogP contribution in [0.4, 0.5) is 5.69 Å². The molecule has 2 unspecified atom stereocenters. The second kappa shape index (κ2) is 8.75. The number of likely N-dealkylation sites (tertiary alicyclic amines) is 1. The normalized spacial score (nSPS) is 27.4. The summed E-state index contributed by atoms with van der Waals surface area (Å²) in [5, 5.41) is 0. The summed E-state index contributed by atoms with van der Waals surface area (Å²) in [4.78, 5) is 7.88. The van der Waals surface area contributed by atoms with Gasteiger partial charge < -0.3 is 9.80 Å². The fourth-order valence-corrected chi connectivity index (χ4v) is 5.41. The molecule has 0 N–H and O–H groups in total. The average molecular weight is 356 g/mol. The molecule has 3 heteroatoms. The highest BCUT2D eigenvalue weighted by molar-refractivity contribution is 5.47. The van der Waals surface area contributed by atoms with Crippen LogP contribution in [0.3, 0.4) is 0 Å².